The van der Waals surface area contributed by atoms with Crippen molar-refractivity contribution in [2.24, 2.45) is 0 Å². The lowest BCUT2D eigenvalue weighted by Gasteiger charge is -1.88. The zero-order valence-electron chi connectivity index (χ0n) is 5.89. The quantitative estimate of drug-likeness (QED) is 0.499. The highest BCUT2D eigenvalue weighted by atomic mass is 14.2. The van der Waals surface area contributed by atoms with Crippen molar-refractivity contribution >= 4 is 0 Å². The largest absolute Gasteiger partial charge is 0.198 e. The highest BCUT2D eigenvalue weighted by Gasteiger charge is 2.04. The number of hydrogen-bond acceptors (Lipinski definition) is 1. The molecule has 0 aromatic heterocycles. The minimum atomic E-state index is 0.459. The van der Waals surface area contributed by atoms with Crippen LogP contribution in [0, 0.1) is 17.4 Å². The van der Waals surface area contributed by atoms with E-state index in [2.05, 4.69) is 12.1 Å². The maximum absolute atomic E-state index is 8.32. The summed E-state index contributed by atoms with van der Waals surface area (Å²) in [5.41, 5.74) is 2.15. The molecule has 0 fully saturated rings. The Bertz CT molecular complexity index is 248. The molecule has 0 aliphatic heterocycles. The third-order valence-electron chi connectivity index (χ3n) is 1.30. The molecule has 1 nitrogen and oxygen atoms in total. The molecule has 0 N–H and O–H groups in total. The average molecular weight is 130 g/mol. The molecule has 0 bridgehead atoms. The molecule has 0 saturated heterocycles. The van der Waals surface area contributed by atoms with Crippen molar-refractivity contribution in [3.63, 3.8) is 0 Å². The van der Waals surface area contributed by atoms with Gasteiger partial charge < -0.3 is 0 Å². The number of nitriles is 1. The van der Waals surface area contributed by atoms with Gasteiger partial charge in [0.2, 0.25) is 0 Å². The van der Waals surface area contributed by atoms with Gasteiger partial charge in [0.15, 0.2) is 0 Å². The van der Waals surface area contributed by atoms with E-state index in [1.807, 2.05) is 25.2 Å². The molecule has 0 radical (unpaired) electrons. The Morgan fingerprint density at radius 1 is 1.60 bits per heavy atom. The van der Waals surface area contributed by atoms with E-state index in [0.717, 1.165) is 5.57 Å². The van der Waals surface area contributed by atoms with E-state index in [1.165, 1.54) is 5.57 Å². The van der Waals surface area contributed by atoms with Gasteiger partial charge in [-0.2, -0.15) is 5.26 Å². The fourth-order valence-corrected chi connectivity index (χ4v) is 0.730. The molecule has 0 aromatic rings. The lowest BCUT2D eigenvalue weighted by atomic mass is 10.1. The van der Waals surface area contributed by atoms with Crippen molar-refractivity contribution in [3.05, 3.63) is 35.5 Å². The standard InChI is InChI=1S/C9H8N/c1-8-2-4-9(5-3-8)6-7-10/h2-4H,6H2,1H3/q+1. The summed E-state index contributed by atoms with van der Waals surface area (Å²) in [5, 5.41) is 8.32. The number of hydrogen-bond donors (Lipinski definition) is 0. The van der Waals surface area contributed by atoms with Gasteiger partial charge in [-0.25, -0.2) is 0 Å². The van der Waals surface area contributed by atoms with Gasteiger partial charge >= 0.3 is 0 Å². The minimum Gasteiger partial charge on any atom is -0.198 e. The van der Waals surface area contributed by atoms with Crippen LogP contribution >= 0.6 is 0 Å². The molecule has 0 amide bonds. The molecular formula is C9H8N+. The highest BCUT2D eigenvalue weighted by molar-refractivity contribution is 5.35. The monoisotopic (exact) mass is 130 g/mol. The van der Waals surface area contributed by atoms with Gasteiger partial charge in [0.1, 0.15) is 11.6 Å². The number of nitrogens with zero attached hydrogens (tertiary/aromatic N) is 1. The highest BCUT2D eigenvalue weighted by Crippen LogP contribution is 2.10. The van der Waals surface area contributed by atoms with Crippen LogP contribution in [0.3, 0.4) is 0 Å². The fourth-order valence-electron chi connectivity index (χ4n) is 0.730. The van der Waals surface area contributed by atoms with Crippen LogP contribution in [-0.4, -0.2) is 0 Å². The second kappa shape index (κ2) is 2.96. The van der Waals surface area contributed by atoms with Gasteiger partial charge in [-0.15, -0.1) is 0 Å². The summed E-state index contributed by atoms with van der Waals surface area (Å²) in [6.07, 6.45) is 9.29. The van der Waals surface area contributed by atoms with E-state index < -0.39 is 0 Å². The number of allylic oxidation sites excluding steroid dienone is 6. The van der Waals surface area contributed by atoms with Crippen LogP contribution in [0.2, 0.25) is 0 Å². The molecule has 0 atom stereocenters. The summed E-state index contributed by atoms with van der Waals surface area (Å²) in [7, 11) is 0. The van der Waals surface area contributed by atoms with Crippen molar-refractivity contribution in [1.29, 1.82) is 5.26 Å². The van der Waals surface area contributed by atoms with Gasteiger partial charge in [0.05, 0.1) is 30.2 Å². The van der Waals surface area contributed by atoms with Crippen molar-refractivity contribution in [1.82, 2.24) is 0 Å². The third kappa shape index (κ3) is 1.55. The Hall–Kier alpha value is -1.38. The Balaban J connectivity index is 2.70. The van der Waals surface area contributed by atoms with E-state index in [1.54, 1.807) is 0 Å². The molecule has 0 spiro atoms. The van der Waals surface area contributed by atoms with Gasteiger partial charge in [-0.3, -0.25) is 0 Å². The summed E-state index contributed by atoms with van der Waals surface area (Å²) < 4.78 is 0. The van der Waals surface area contributed by atoms with E-state index in [4.69, 9.17) is 5.26 Å². The van der Waals surface area contributed by atoms with Crippen LogP contribution in [0.1, 0.15) is 13.3 Å². The van der Waals surface area contributed by atoms with Crippen LogP contribution in [-0.2, 0) is 0 Å². The lowest BCUT2D eigenvalue weighted by Crippen LogP contribution is -1.81. The fraction of sp³-hybridized carbons (Fsp3) is 0.222. The Morgan fingerprint density at radius 3 is 2.90 bits per heavy atom. The van der Waals surface area contributed by atoms with Gasteiger partial charge in [-0.1, -0.05) is 0 Å². The van der Waals surface area contributed by atoms with Gasteiger partial charge in [0, 0.05) is 13.0 Å². The molecule has 1 aliphatic rings. The Labute approximate surface area is 61.0 Å². The number of rotatable bonds is 1. The zero-order valence-corrected chi connectivity index (χ0v) is 5.89. The average Bonchev–Trinajstić information content (AvgIpc) is 1.95. The first-order chi connectivity index (χ1) is 4.83. The van der Waals surface area contributed by atoms with E-state index in [0.29, 0.717) is 6.42 Å². The maximum atomic E-state index is 8.32. The molecule has 0 unspecified atom stereocenters. The lowest BCUT2D eigenvalue weighted by molar-refractivity contribution is 1.24. The first kappa shape index (κ1) is 6.74. The topological polar surface area (TPSA) is 23.8 Å². The SMILES string of the molecule is CC1=C[C+]=C(CC#N)C=C1. The Kier molecular flexibility index (Phi) is 1.99. The van der Waals surface area contributed by atoms with E-state index in [-0.39, 0.29) is 0 Å². The third-order valence-corrected chi connectivity index (χ3v) is 1.30. The van der Waals surface area contributed by atoms with Gasteiger partial charge in [0.25, 0.3) is 0 Å². The van der Waals surface area contributed by atoms with Crippen LogP contribution in [0.5, 0.6) is 0 Å². The van der Waals surface area contributed by atoms with Crippen molar-refractivity contribution in [2.75, 3.05) is 0 Å². The van der Waals surface area contributed by atoms with Crippen molar-refractivity contribution < 1.29 is 0 Å². The predicted molar refractivity (Wildman–Crippen MR) is 39.9 cm³/mol. The Morgan fingerprint density at radius 2 is 2.40 bits per heavy atom. The molecule has 0 saturated carbocycles. The zero-order chi connectivity index (χ0) is 7.40. The van der Waals surface area contributed by atoms with E-state index >= 15 is 0 Å². The molecule has 1 heteroatoms. The molecule has 1 aliphatic carbocycles. The molecule has 0 aromatic carbocycles. The van der Waals surface area contributed by atoms with Crippen LogP contribution in [0.4, 0.5) is 0 Å². The predicted octanol–water partition coefficient (Wildman–Crippen LogP) is 2.15. The van der Waals surface area contributed by atoms with Crippen LogP contribution < -0.4 is 0 Å². The van der Waals surface area contributed by atoms with Crippen molar-refractivity contribution in [2.45, 2.75) is 13.3 Å². The second-order valence-corrected chi connectivity index (χ2v) is 2.23. The molecule has 1 rings (SSSR count). The second-order valence-electron chi connectivity index (χ2n) is 2.23. The van der Waals surface area contributed by atoms with Crippen LogP contribution in [0.25, 0.3) is 0 Å². The maximum Gasteiger partial charge on any atom is 0.130 e. The summed E-state index contributed by atoms with van der Waals surface area (Å²) in [5.74, 6) is 0. The van der Waals surface area contributed by atoms with E-state index in [9.17, 15) is 0 Å². The molecular weight excluding hydrogens is 122 g/mol. The van der Waals surface area contributed by atoms with Crippen molar-refractivity contribution in [3.8, 4) is 6.07 Å². The normalized spacial score (nSPS) is 14.8. The van der Waals surface area contributed by atoms with Crippen LogP contribution in [0.15, 0.2) is 29.4 Å². The minimum absolute atomic E-state index is 0.459. The summed E-state index contributed by atoms with van der Waals surface area (Å²) >= 11 is 0. The first-order valence-electron chi connectivity index (χ1n) is 3.17. The summed E-state index contributed by atoms with van der Waals surface area (Å²) in [6, 6.07) is 2.07. The summed E-state index contributed by atoms with van der Waals surface area (Å²) in [4.78, 5) is 0. The first-order valence-corrected chi connectivity index (χ1v) is 3.17. The van der Waals surface area contributed by atoms with Gasteiger partial charge in [-0.05, 0) is 0 Å². The molecule has 10 heavy (non-hydrogen) atoms. The molecule has 48 valence electrons. The smallest absolute Gasteiger partial charge is 0.130 e. The summed E-state index contributed by atoms with van der Waals surface area (Å²) in [6.45, 7) is 2.01. The molecule has 0 heterocycles.